The van der Waals surface area contributed by atoms with Crippen molar-refractivity contribution in [2.75, 3.05) is 32.8 Å². The Morgan fingerprint density at radius 1 is 1.24 bits per heavy atom. The average Bonchev–Trinajstić information content (AvgIpc) is 3.60. The number of aromatic nitrogens is 2. The number of hydrogen-bond donors (Lipinski definition) is 3. The van der Waals surface area contributed by atoms with Crippen molar-refractivity contribution in [1.29, 1.82) is 0 Å². The summed E-state index contributed by atoms with van der Waals surface area (Å²) in [6.07, 6.45) is 3.38. The Morgan fingerprint density at radius 2 is 1.96 bits per heavy atom. The summed E-state index contributed by atoms with van der Waals surface area (Å²) in [5.74, 6) is -1.59. The Labute approximate surface area is 281 Å². The maximum Gasteiger partial charge on any atom is 0.231 e. The van der Waals surface area contributed by atoms with Crippen LogP contribution in [-0.2, 0) is 15.3 Å². The summed E-state index contributed by atoms with van der Waals surface area (Å²) < 4.78 is 17.2. The Kier molecular flexibility index (Phi) is 10.3. The summed E-state index contributed by atoms with van der Waals surface area (Å²) in [7, 11) is 2.83. The number of H-pyrrole nitrogens is 1. The number of methoxy groups -OCH3 is 2. The quantitative estimate of drug-likeness (QED) is 0.152. The molecule has 46 heavy (non-hydrogen) atoms. The molecule has 10 nitrogen and oxygen atoms in total. The van der Waals surface area contributed by atoms with Gasteiger partial charge in [-0.1, -0.05) is 30.7 Å². The molecule has 13 heteroatoms. The van der Waals surface area contributed by atoms with Gasteiger partial charge in [0.15, 0.2) is 17.3 Å². The second-order valence-corrected chi connectivity index (χ2v) is 13.5. The van der Waals surface area contributed by atoms with Crippen LogP contribution in [0.1, 0.15) is 53.0 Å². The number of aromatic amines is 1. The molecule has 1 spiro atoms. The van der Waals surface area contributed by atoms with Crippen molar-refractivity contribution in [3.8, 4) is 17.2 Å². The molecular formula is C33H36ClN3O7S2. The molecule has 1 aliphatic carbocycles. The smallest absolute Gasteiger partial charge is 0.231 e. The van der Waals surface area contributed by atoms with Gasteiger partial charge >= 0.3 is 0 Å². The maximum atomic E-state index is 14.3. The molecular weight excluding hydrogens is 650 g/mol. The van der Waals surface area contributed by atoms with Crippen molar-refractivity contribution in [2.24, 2.45) is 5.92 Å². The van der Waals surface area contributed by atoms with Gasteiger partial charge in [-0.05, 0) is 30.9 Å². The number of ketones is 2. The zero-order valence-electron chi connectivity index (χ0n) is 26.2. The number of nitrogens with one attached hydrogen (secondary N) is 2. The van der Waals surface area contributed by atoms with Crippen LogP contribution in [0.4, 0.5) is 0 Å². The van der Waals surface area contributed by atoms with E-state index < -0.39 is 29.0 Å². The van der Waals surface area contributed by atoms with Crippen LogP contribution in [0.25, 0.3) is 0 Å². The Bertz CT molecular complexity index is 1690. The normalized spacial score (nSPS) is 19.7. The van der Waals surface area contributed by atoms with Crippen LogP contribution in [0.2, 0.25) is 5.02 Å². The first-order chi connectivity index (χ1) is 22.1. The highest BCUT2D eigenvalue weighted by Crippen LogP contribution is 2.55. The van der Waals surface area contributed by atoms with Crippen LogP contribution >= 0.6 is 35.1 Å². The standard InChI is InChI=1S/C33H36ClN3O7S2/c1-17-12-23(38)27(31(40)33(17)32(41)28-24(42-3)14-25(43-4)29(34)30(28)44-33)21(19-6-8-20(45-5)9-7-19)13-26(39)35-10-11-46-15-22-18(2)36-16-37-22/h6-9,14,16-17,21,40H,10-13,15H2,1-5H3,(H,35,39)(H,36,37). The van der Waals surface area contributed by atoms with Crippen molar-refractivity contribution < 1.29 is 33.7 Å². The molecule has 3 N–H and O–H groups in total. The predicted octanol–water partition coefficient (Wildman–Crippen LogP) is 6.07. The number of benzene rings is 2. The van der Waals surface area contributed by atoms with Crippen molar-refractivity contribution in [3.05, 3.63) is 75.5 Å². The lowest BCUT2D eigenvalue weighted by Gasteiger charge is -2.38. The number of imidazole rings is 1. The van der Waals surface area contributed by atoms with Crippen LogP contribution in [-0.4, -0.2) is 70.9 Å². The SMILES string of the molecule is COc1cc(OC)c2c(c1Cl)OC1(C2=O)C(O)=C(C(CC(=O)NCCSCc2nc[nH]c2C)c2ccc(SC)cc2)C(=O)CC1C. The molecule has 3 atom stereocenters. The molecule has 2 heterocycles. The number of hydrogen-bond acceptors (Lipinski definition) is 10. The number of rotatable bonds is 12. The topological polar surface area (TPSA) is 140 Å². The van der Waals surface area contributed by atoms with E-state index in [9.17, 15) is 19.5 Å². The third kappa shape index (κ3) is 6.10. The fourth-order valence-corrected chi connectivity index (χ4v) is 7.53. The Balaban J connectivity index is 1.48. The van der Waals surface area contributed by atoms with E-state index in [-0.39, 0.29) is 57.9 Å². The number of allylic oxidation sites excluding steroid dienone is 1. The maximum absolute atomic E-state index is 14.3. The molecule has 0 saturated carbocycles. The van der Waals surface area contributed by atoms with E-state index in [0.29, 0.717) is 23.6 Å². The van der Waals surface area contributed by atoms with Gasteiger partial charge in [-0.25, -0.2) is 4.98 Å². The summed E-state index contributed by atoms with van der Waals surface area (Å²) >= 11 is 9.79. The second kappa shape index (κ2) is 14.0. The fraction of sp³-hybridized carbons (Fsp3) is 0.394. The van der Waals surface area contributed by atoms with Crippen molar-refractivity contribution in [1.82, 2.24) is 15.3 Å². The first-order valence-corrected chi connectivity index (χ1v) is 17.4. The Morgan fingerprint density at radius 3 is 2.59 bits per heavy atom. The molecule has 3 aromatic rings. The van der Waals surface area contributed by atoms with E-state index >= 15 is 0 Å². The first-order valence-electron chi connectivity index (χ1n) is 14.7. The van der Waals surface area contributed by atoms with Crippen LogP contribution in [0.3, 0.4) is 0 Å². The number of carbonyl (C=O) groups is 3. The Hall–Kier alpha value is -3.61. The van der Waals surface area contributed by atoms with Crippen LogP contribution in [0.15, 0.2) is 52.9 Å². The predicted molar refractivity (Wildman–Crippen MR) is 179 cm³/mol. The fourth-order valence-electron chi connectivity index (χ4n) is 5.98. The number of amides is 1. The van der Waals surface area contributed by atoms with E-state index in [1.54, 1.807) is 36.8 Å². The largest absolute Gasteiger partial charge is 0.507 e. The van der Waals surface area contributed by atoms with Gasteiger partial charge in [0, 0.05) is 65.0 Å². The van der Waals surface area contributed by atoms with Crippen molar-refractivity contribution >= 4 is 52.6 Å². The van der Waals surface area contributed by atoms with Crippen molar-refractivity contribution in [2.45, 2.75) is 48.9 Å². The zero-order chi connectivity index (χ0) is 33.2. The van der Waals surface area contributed by atoms with Gasteiger partial charge < -0.3 is 29.6 Å². The molecule has 3 unspecified atom stereocenters. The van der Waals surface area contributed by atoms with Gasteiger partial charge in [-0.15, -0.1) is 11.8 Å². The number of aryl methyl sites for hydroxylation is 1. The van der Waals surface area contributed by atoms with Gasteiger partial charge in [-0.3, -0.25) is 14.4 Å². The third-order valence-corrected chi connectivity index (χ3v) is 10.6. The zero-order valence-corrected chi connectivity index (χ0v) is 28.6. The lowest BCUT2D eigenvalue weighted by molar-refractivity contribution is -0.121. The molecule has 244 valence electrons. The van der Waals surface area contributed by atoms with Crippen LogP contribution in [0.5, 0.6) is 17.2 Å². The molecule has 0 radical (unpaired) electrons. The van der Waals surface area contributed by atoms with E-state index in [0.717, 1.165) is 16.3 Å². The number of thioether (sulfide) groups is 2. The van der Waals surface area contributed by atoms with E-state index in [4.69, 9.17) is 25.8 Å². The van der Waals surface area contributed by atoms with Crippen molar-refractivity contribution in [3.63, 3.8) is 0 Å². The highest BCUT2D eigenvalue weighted by atomic mass is 35.5. The van der Waals surface area contributed by atoms with Gasteiger partial charge in [0.25, 0.3) is 0 Å². The summed E-state index contributed by atoms with van der Waals surface area (Å²) in [6.45, 7) is 4.04. The summed E-state index contributed by atoms with van der Waals surface area (Å²) in [5.41, 5.74) is 0.713. The molecule has 2 aromatic carbocycles. The minimum atomic E-state index is -1.94. The lowest BCUT2D eigenvalue weighted by atomic mass is 9.69. The van der Waals surface area contributed by atoms with E-state index in [1.807, 2.05) is 37.4 Å². The number of Topliss-reactive ketones (excluding diaryl/α,β-unsaturated/α-hetero) is 2. The number of nitrogens with zero attached hydrogens (tertiary/aromatic N) is 1. The highest BCUT2D eigenvalue weighted by molar-refractivity contribution is 7.98. The summed E-state index contributed by atoms with van der Waals surface area (Å²) in [5, 5.41) is 15.0. The number of ether oxygens (including phenoxy) is 3. The summed E-state index contributed by atoms with van der Waals surface area (Å²) in [6, 6.07) is 8.94. The minimum Gasteiger partial charge on any atom is -0.507 e. The molecule has 1 aromatic heterocycles. The molecule has 1 amide bonds. The second-order valence-electron chi connectivity index (χ2n) is 11.2. The third-order valence-electron chi connectivity index (χ3n) is 8.51. The molecule has 5 rings (SSSR count). The monoisotopic (exact) mass is 685 g/mol. The number of halogens is 1. The molecule has 0 bridgehead atoms. The molecule has 2 aliphatic rings. The molecule has 0 fully saturated rings. The number of aliphatic hydroxyl groups excluding tert-OH is 1. The highest BCUT2D eigenvalue weighted by Gasteiger charge is 2.61. The number of carbonyl (C=O) groups excluding carboxylic acids is 3. The van der Waals surface area contributed by atoms with E-state index in [1.165, 1.54) is 20.3 Å². The van der Waals surface area contributed by atoms with Gasteiger partial charge in [-0.2, -0.15) is 11.8 Å². The molecule has 1 aliphatic heterocycles. The number of fused-ring (bicyclic) bond motifs is 1. The van der Waals surface area contributed by atoms with Crippen LogP contribution in [0, 0.1) is 12.8 Å². The molecule has 0 saturated heterocycles. The van der Waals surface area contributed by atoms with E-state index in [2.05, 4.69) is 15.3 Å². The first kappa shape index (κ1) is 33.7. The van der Waals surface area contributed by atoms with Crippen LogP contribution < -0.4 is 19.5 Å². The van der Waals surface area contributed by atoms with Gasteiger partial charge in [0.1, 0.15) is 22.1 Å². The number of aliphatic hydroxyl groups is 1. The van der Waals surface area contributed by atoms with Gasteiger partial charge in [0.2, 0.25) is 17.3 Å². The lowest BCUT2D eigenvalue weighted by Crippen LogP contribution is -2.53. The average molecular weight is 686 g/mol. The minimum absolute atomic E-state index is 0.0103. The summed E-state index contributed by atoms with van der Waals surface area (Å²) in [4.78, 5) is 49.7. The van der Waals surface area contributed by atoms with Gasteiger partial charge in [0.05, 0.1) is 26.2 Å².